The topological polar surface area (TPSA) is 66.8 Å². The van der Waals surface area contributed by atoms with Gasteiger partial charge in [-0.05, 0) is 24.6 Å². The SMILES string of the molecule is CCOCCN(CC)S(=O)(=O)c1cc(Cl)cc(CO)c1Cl. The van der Waals surface area contributed by atoms with Gasteiger partial charge in [0.25, 0.3) is 0 Å². The van der Waals surface area contributed by atoms with Gasteiger partial charge in [-0.1, -0.05) is 30.1 Å². The highest BCUT2D eigenvalue weighted by Gasteiger charge is 2.27. The lowest BCUT2D eigenvalue weighted by molar-refractivity contribution is 0.135. The van der Waals surface area contributed by atoms with Crippen molar-refractivity contribution in [2.75, 3.05) is 26.3 Å². The molecule has 0 saturated carbocycles. The van der Waals surface area contributed by atoms with E-state index in [2.05, 4.69) is 0 Å². The summed E-state index contributed by atoms with van der Waals surface area (Å²) in [5.41, 5.74) is 0.281. The minimum Gasteiger partial charge on any atom is -0.392 e. The molecule has 21 heavy (non-hydrogen) atoms. The van der Waals surface area contributed by atoms with Crippen molar-refractivity contribution in [1.82, 2.24) is 4.31 Å². The first-order chi connectivity index (χ1) is 9.88. The number of halogens is 2. The molecule has 5 nitrogen and oxygen atoms in total. The molecule has 1 rings (SSSR count). The fraction of sp³-hybridized carbons (Fsp3) is 0.538. The number of hydrogen-bond acceptors (Lipinski definition) is 4. The van der Waals surface area contributed by atoms with Gasteiger partial charge in [0.05, 0.1) is 18.2 Å². The number of sulfonamides is 1. The van der Waals surface area contributed by atoms with Gasteiger partial charge in [0, 0.05) is 24.7 Å². The zero-order valence-corrected chi connectivity index (χ0v) is 14.3. The Morgan fingerprint density at radius 3 is 2.48 bits per heavy atom. The summed E-state index contributed by atoms with van der Waals surface area (Å²) in [6.07, 6.45) is 0. The van der Waals surface area contributed by atoms with Crippen LogP contribution < -0.4 is 0 Å². The smallest absolute Gasteiger partial charge is 0.244 e. The highest BCUT2D eigenvalue weighted by atomic mass is 35.5. The summed E-state index contributed by atoms with van der Waals surface area (Å²) in [6, 6.07) is 2.74. The molecule has 0 aliphatic carbocycles. The monoisotopic (exact) mass is 355 g/mol. The van der Waals surface area contributed by atoms with Crippen molar-refractivity contribution in [3.63, 3.8) is 0 Å². The van der Waals surface area contributed by atoms with Crippen LogP contribution in [0.2, 0.25) is 10.0 Å². The number of aliphatic hydroxyl groups is 1. The van der Waals surface area contributed by atoms with Crippen molar-refractivity contribution in [2.45, 2.75) is 25.3 Å². The van der Waals surface area contributed by atoms with E-state index in [4.69, 9.17) is 27.9 Å². The van der Waals surface area contributed by atoms with Gasteiger partial charge in [0.1, 0.15) is 4.90 Å². The Labute approximate surface area is 135 Å². The molecule has 1 aromatic rings. The van der Waals surface area contributed by atoms with Crippen LogP contribution in [-0.4, -0.2) is 44.1 Å². The second-order valence-electron chi connectivity index (χ2n) is 4.23. The molecule has 0 spiro atoms. The van der Waals surface area contributed by atoms with Crippen LogP contribution in [0.1, 0.15) is 19.4 Å². The minimum atomic E-state index is -3.79. The first-order valence-electron chi connectivity index (χ1n) is 6.55. The van der Waals surface area contributed by atoms with Crippen molar-refractivity contribution in [3.05, 3.63) is 27.7 Å². The van der Waals surface area contributed by atoms with Crippen LogP contribution in [0.15, 0.2) is 17.0 Å². The summed E-state index contributed by atoms with van der Waals surface area (Å²) in [5.74, 6) is 0. The zero-order valence-electron chi connectivity index (χ0n) is 12.0. The van der Waals surface area contributed by atoms with Crippen LogP contribution in [-0.2, 0) is 21.4 Å². The molecule has 0 aliphatic rings. The van der Waals surface area contributed by atoms with Crippen molar-refractivity contribution in [2.24, 2.45) is 0 Å². The van der Waals surface area contributed by atoms with Gasteiger partial charge >= 0.3 is 0 Å². The first kappa shape index (κ1) is 18.7. The maximum Gasteiger partial charge on any atom is 0.244 e. The second kappa shape index (κ2) is 8.31. The Morgan fingerprint density at radius 1 is 1.29 bits per heavy atom. The number of likely N-dealkylation sites (N-methyl/N-ethyl adjacent to an activating group) is 1. The van der Waals surface area contributed by atoms with Crippen molar-refractivity contribution >= 4 is 33.2 Å². The third-order valence-electron chi connectivity index (χ3n) is 2.91. The van der Waals surface area contributed by atoms with Crippen LogP contribution in [0.3, 0.4) is 0 Å². The quantitative estimate of drug-likeness (QED) is 0.727. The molecule has 0 fully saturated rings. The average Bonchev–Trinajstić information content (AvgIpc) is 2.45. The largest absolute Gasteiger partial charge is 0.392 e. The predicted octanol–water partition coefficient (Wildman–Crippen LogP) is 2.53. The average molecular weight is 356 g/mol. The molecule has 0 amide bonds. The molecule has 0 heterocycles. The molecular formula is C13H19Cl2NO4S. The molecule has 0 aromatic heterocycles. The van der Waals surface area contributed by atoms with E-state index >= 15 is 0 Å². The van der Waals surface area contributed by atoms with Crippen molar-refractivity contribution < 1.29 is 18.3 Å². The highest BCUT2D eigenvalue weighted by molar-refractivity contribution is 7.89. The number of nitrogens with zero attached hydrogens (tertiary/aromatic N) is 1. The Bertz CT molecular complexity index is 578. The summed E-state index contributed by atoms with van der Waals surface area (Å²) in [6.45, 7) is 4.52. The van der Waals surface area contributed by atoms with E-state index in [9.17, 15) is 13.5 Å². The molecule has 0 saturated heterocycles. The molecule has 0 radical (unpaired) electrons. The highest BCUT2D eigenvalue weighted by Crippen LogP contribution is 2.31. The third-order valence-corrected chi connectivity index (χ3v) is 5.68. The van der Waals surface area contributed by atoms with E-state index in [0.29, 0.717) is 13.2 Å². The summed E-state index contributed by atoms with van der Waals surface area (Å²) in [4.78, 5) is -0.0981. The fourth-order valence-corrected chi connectivity index (χ4v) is 4.15. The first-order valence-corrected chi connectivity index (χ1v) is 8.74. The Hall–Kier alpha value is -0.370. The van der Waals surface area contributed by atoms with Crippen LogP contribution in [0.4, 0.5) is 0 Å². The molecule has 1 aromatic carbocycles. The van der Waals surface area contributed by atoms with Crippen LogP contribution >= 0.6 is 23.2 Å². The number of benzene rings is 1. The van der Waals surface area contributed by atoms with E-state index < -0.39 is 10.0 Å². The van der Waals surface area contributed by atoms with Gasteiger partial charge in [0.2, 0.25) is 10.0 Å². The zero-order chi connectivity index (χ0) is 16.0. The van der Waals surface area contributed by atoms with Crippen molar-refractivity contribution in [1.29, 1.82) is 0 Å². The van der Waals surface area contributed by atoms with Gasteiger partial charge < -0.3 is 9.84 Å². The maximum atomic E-state index is 12.6. The molecular weight excluding hydrogens is 337 g/mol. The van der Waals surface area contributed by atoms with Gasteiger partial charge in [0.15, 0.2) is 0 Å². The molecule has 0 bridgehead atoms. The molecule has 8 heteroatoms. The number of hydrogen-bond donors (Lipinski definition) is 1. The second-order valence-corrected chi connectivity index (χ2v) is 6.95. The molecule has 1 N–H and O–H groups in total. The van der Waals surface area contributed by atoms with E-state index in [1.165, 1.54) is 16.4 Å². The Kier molecular flexibility index (Phi) is 7.39. The third kappa shape index (κ3) is 4.55. The van der Waals surface area contributed by atoms with Crippen LogP contribution in [0, 0.1) is 0 Å². The van der Waals surface area contributed by atoms with Crippen LogP contribution in [0.5, 0.6) is 0 Å². The predicted molar refractivity (Wildman–Crippen MR) is 83.3 cm³/mol. The Morgan fingerprint density at radius 2 is 1.95 bits per heavy atom. The number of aliphatic hydroxyl groups excluding tert-OH is 1. The summed E-state index contributed by atoms with van der Waals surface area (Å²) >= 11 is 12.0. The van der Waals surface area contributed by atoms with Crippen molar-refractivity contribution in [3.8, 4) is 0 Å². The minimum absolute atomic E-state index is 0.00300. The Balaban J connectivity index is 3.19. The van der Waals surface area contributed by atoms with Gasteiger partial charge in [-0.15, -0.1) is 0 Å². The van der Waals surface area contributed by atoms with E-state index in [-0.39, 0.29) is 40.2 Å². The van der Waals surface area contributed by atoms with Gasteiger partial charge in [-0.3, -0.25) is 0 Å². The lowest BCUT2D eigenvalue weighted by atomic mass is 10.2. The van der Waals surface area contributed by atoms with E-state index in [1.54, 1.807) is 6.92 Å². The van der Waals surface area contributed by atoms with E-state index in [1.807, 2.05) is 6.92 Å². The lowest BCUT2D eigenvalue weighted by Gasteiger charge is -2.21. The van der Waals surface area contributed by atoms with E-state index in [0.717, 1.165) is 0 Å². The molecule has 0 aliphatic heterocycles. The summed E-state index contributed by atoms with van der Waals surface area (Å²) < 4.78 is 31.7. The van der Waals surface area contributed by atoms with Gasteiger partial charge in [-0.25, -0.2) is 8.42 Å². The summed E-state index contributed by atoms with van der Waals surface area (Å²) in [7, 11) is -3.79. The van der Waals surface area contributed by atoms with Crippen LogP contribution in [0.25, 0.3) is 0 Å². The molecule has 0 unspecified atom stereocenters. The lowest BCUT2D eigenvalue weighted by Crippen LogP contribution is -2.34. The number of rotatable bonds is 8. The standard InChI is InChI=1S/C13H19Cl2NO4S/c1-3-16(5-6-20-4-2)21(18,19)12-8-11(14)7-10(9-17)13(12)15/h7-8,17H,3-6,9H2,1-2H3. The normalized spacial score (nSPS) is 12.1. The maximum absolute atomic E-state index is 12.6. The number of ether oxygens (including phenoxy) is 1. The fourth-order valence-electron chi connectivity index (χ4n) is 1.82. The summed E-state index contributed by atoms with van der Waals surface area (Å²) in [5, 5.41) is 9.44. The van der Waals surface area contributed by atoms with Gasteiger partial charge in [-0.2, -0.15) is 4.31 Å². The molecule has 120 valence electrons. The molecule has 0 atom stereocenters.